The van der Waals surface area contributed by atoms with Crippen LogP contribution < -0.4 is 0 Å². The van der Waals surface area contributed by atoms with Crippen molar-refractivity contribution in [2.24, 2.45) is 5.92 Å². The lowest BCUT2D eigenvalue weighted by Gasteiger charge is -2.25. The van der Waals surface area contributed by atoms with E-state index in [1.54, 1.807) is 0 Å². The summed E-state index contributed by atoms with van der Waals surface area (Å²) in [7, 11) is 0. The normalized spacial score (nSPS) is 14.2. The number of aliphatic hydroxyl groups is 2. The van der Waals surface area contributed by atoms with Gasteiger partial charge < -0.3 is 10.2 Å². The van der Waals surface area contributed by atoms with Gasteiger partial charge in [0.25, 0.3) is 5.79 Å². The molecule has 0 spiro atoms. The maximum atomic E-state index is 11.7. The van der Waals surface area contributed by atoms with Gasteiger partial charge in [-0.15, -0.1) is 0 Å². The van der Waals surface area contributed by atoms with E-state index < -0.39 is 24.3 Å². The molecule has 0 atom stereocenters. The lowest BCUT2D eigenvalue weighted by Crippen LogP contribution is -2.45. The summed E-state index contributed by atoms with van der Waals surface area (Å²) in [6, 6.07) is 0. The molecule has 0 saturated carbocycles. The van der Waals surface area contributed by atoms with Gasteiger partial charge >= 0.3 is 6.18 Å². The van der Waals surface area contributed by atoms with Crippen LogP contribution in [0.3, 0.4) is 0 Å². The van der Waals surface area contributed by atoms with E-state index in [4.69, 9.17) is 10.2 Å². The van der Waals surface area contributed by atoms with Crippen LogP contribution in [0.15, 0.2) is 0 Å². The molecule has 0 rings (SSSR count). The molecule has 0 saturated heterocycles. The average molecular weight is 172 g/mol. The minimum Gasteiger partial charge on any atom is -0.359 e. The number of hydrogen-bond acceptors (Lipinski definition) is 2. The van der Waals surface area contributed by atoms with E-state index in [2.05, 4.69) is 0 Å². The first kappa shape index (κ1) is 10.7. The molecule has 11 heavy (non-hydrogen) atoms. The predicted octanol–water partition coefficient (Wildman–Crippen LogP) is 1.28. The van der Waals surface area contributed by atoms with Crippen LogP contribution in [0.25, 0.3) is 0 Å². The van der Waals surface area contributed by atoms with Gasteiger partial charge in [0.15, 0.2) is 0 Å². The molecule has 0 unspecified atom stereocenters. The fourth-order valence-corrected chi connectivity index (χ4v) is 0.685. The second kappa shape index (κ2) is 2.98. The third-order valence-corrected chi connectivity index (χ3v) is 1.15. The third-order valence-electron chi connectivity index (χ3n) is 1.15. The Balaban J connectivity index is 4.22. The van der Waals surface area contributed by atoms with Gasteiger partial charge in [-0.05, 0) is 5.92 Å². The van der Waals surface area contributed by atoms with E-state index in [0.29, 0.717) is 0 Å². The summed E-state index contributed by atoms with van der Waals surface area (Å²) < 4.78 is 35.1. The lowest BCUT2D eigenvalue weighted by atomic mass is 10.0. The summed E-state index contributed by atoms with van der Waals surface area (Å²) in [5.41, 5.74) is 0. The van der Waals surface area contributed by atoms with Crippen LogP contribution in [0, 0.1) is 5.92 Å². The Hall–Kier alpha value is -0.290. The topological polar surface area (TPSA) is 40.5 Å². The molecular weight excluding hydrogens is 161 g/mol. The number of alkyl halides is 3. The molecule has 68 valence electrons. The van der Waals surface area contributed by atoms with Crippen molar-refractivity contribution in [3.63, 3.8) is 0 Å². The van der Waals surface area contributed by atoms with Gasteiger partial charge in [-0.2, -0.15) is 13.2 Å². The van der Waals surface area contributed by atoms with Gasteiger partial charge in [-0.3, -0.25) is 0 Å². The second-order valence-corrected chi connectivity index (χ2v) is 2.91. The van der Waals surface area contributed by atoms with Crippen molar-refractivity contribution < 1.29 is 23.4 Å². The summed E-state index contributed by atoms with van der Waals surface area (Å²) in [5, 5.41) is 16.9. The first-order valence-electron chi connectivity index (χ1n) is 3.18. The second-order valence-electron chi connectivity index (χ2n) is 2.91. The number of halogens is 3. The van der Waals surface area contributed by atoms with Gasteiger partial charge in [0.1, 0.15) is 0 Å². The SMILES string of the molecule is CC(C)CC(O)(O)C(F)(F)F. The van der Waals surface area contributed by atoms with Crippen molar-refractivity contribution in [3.05, 3.63) is 0 Å². The van der Waals surface area contributed by atoms with Crippen molar-refractivity contribution in [2.45, 2.75) is 32.2 Å². The van der Waals surface area contributed by atoms with Crippen LogP contribution in [-0.4, -0.2) is 22.2 Å². The van der Waals surface area contributed by atoms with Gasteiger partial charge in [0.2, 0.25) is 0 Å². The predicted molar refractivity (Wildman–Crippen MR) is 32.7 cm³/mol. The molecule has 0 bridgehead atoms. The van der Waals surface area contributed by atoms with Crippen molar-refractivity contribution in [3.8, 4) is 0 Å². The van der Waals surface area contributed by atoms with E-state index in [-0.39, 0.29) is 0 Å². The fraction of sp³-hybridized carbons (Fsp3) is 1.00. The monoisotopic (exact) mass is 172 g/mol. The zero-order valence-corrected chi connectivity index (χ0v) is 6.31. The van der Waals surface area contributed by atoms with Crippen molar-refractivity contribution in [1.82, 2.24) is 0 Å². The largest absolute Gasteiger partial charge is 0.442 e. The van der Waals surface area contributed by atoms with Crippen molar-refractivity contribution >= 4 is 0 Å². The van der Waals surface area contributed by atoms with Crippen LogP contribution in [0.1, 0.15) is 20.3 Å². The zero-order valence-electron chi connectivity index (χ0n) is 6.31. The van der Waals surface area contributed by atoms with E-state index in [9.17, 15) is 13.2 Å². The molecule has 0 aliphatic heterocycles. The van der Waals surface area contributed by atoms with Crippen molar-refractivity contribution in [2.75, 3.05) is 0 Å². The van der Waals surface area contributed by atoms with E-state index in [0.717, 1.165) is 0 Å². The Labute approximate surface area is 62.6 Å². The first-order valence-corrected chi connectivity index (χ1v) is 3.18. The Morgan fingerprint density at radius 1 is 1.18 bits per heavy atom. The maximum Gasteiger partial charge on any atom is 0.442 e. The highest BCUT2D eigenvalue weighted by atomic mass is 19.4. The Kier molecular flexibility index (Phi) is 2.91. The van der Waals surface area contributed by atoms with Gasteiger partial charge in [-0.1, -0.05) is 13.8 Å². The molecule has 0 radical (unpaired) electrons. The summed E-state index contributed by atoms with van der Waals surface area (Å²) in [4.78, 5) is 0. The minimum atomic E-state index is -4.96. The number of hydrogen-bond donors (Lipinski definition) is 2. The molecule has 2 N–H and O–H groups in total. The summed E-state index contributed by atoms with van der Waals surface area (Å²) >= 11 is 0. The molecular formula is C6H11F3O2. The van der Waals surface area contributed by atoms with Gasteiger partial charge in [-0.25, -0.2) is 0 Å². The molecule has 0 heterocycles. The van der Waals surface area contributed by atoms with Crippen LogP contribution in [0.2, 0.25) is 0 Å². The highest BCUT2D eigenvalue weighted by molar-refractivity contribution is 4.74. The summed E-state index contributed by atoms with van der Waals surface area (Å²) in [5.74, 6) is -3.95. The maximum absolute atomic E-state index is 11.7. The van der Waals surface area contributed by atoms with E-state index >= 15 is 0 Å². The van der Waals surface area contributed by atoms with Crippen LogP contribution >= 0.6 is 0 Å². The Bertz CT molecular complexity index is 128. The molecule has 5 heteroatoms. The zero-order chi connectivity index (χ0) is 9.28. The van der Waals surface area contributed by atoms with Crippen molar-refractivity contribution in [1.29, 1.82) is 0 Å². The van der Waals surface area contributed by atoms with Gasteiger partial charge in [0.05, 0.1) is 0 Å². The Morgan fingerprint density at radius 2 is 1.55 bits per heavy atom. The van der Waals surface area contributed by atoms with E-state index in [1.807, 2.05) is 0 Å². The number of rotatable bonds is 2. The fourth-order valence-electron chi connectivity index (χ4n) is 0.685. The molecule has 0 aliphatic rings. The standard InChI is InChI=1S/C6H11F3O2/c1-4(2)3-5(10,11)6(7,8)9/h4,10-11H,3H2,1-2H3. The molecule has 0 aromatic rings. The molecule has 0 amide bonds. The summed E-state index contributed by atoms with van der Waals surface area (Å²) in [6.07, 6.45) is -5.66. The quantitative estimate of drug-likeness (QED) is 0.616. The first-order chi connectivity index (χ1) is 4.67. The minimum absolute atomic E-state index is 0.411. The molecule has 0 aromatic carbocycles. The molecule has 2 nitrogen and oxygen atoms in total. The lowest BCUT2D eigenvalue weighted by molar-refractivity contribution is -0.353. The van der Waals surface area contributed by atoms with Crippen LogP contribution in [-0.2, 0) is 0 Å². The molecule has 0 aromatic heterocycles. The van der Waals surface area contributed by atoms with Crippen LogP contribution in [0.4, 0.5) is 13.2 Å². The van der Waals surface area contributed by atoms with Gasteiger partial charge in [0, 0.05) is 6.42 Å². The highest BCUT2D eigenvalue weighted by Crippen LogP contribution is 2.32. The third kappa shape index (κ3) is 3.07. The molecule has 0 aliphatic carbocycles. The average Bonchev–Trinajstić information content (AvgIpc) is 1.56. The van der Waals surface area contributed by atoms with Crippen LogP contribution in [0.5, 0.6) is 0 Å². The highest BCUT2D eigenvalue weighted by Gasteiger charge is 2.52. The molecule has 0 fully saturated rings. The Morgan fingerprint density at radius 3 is 1.64 bits per heavy atom. The summed E-state index contributed by atoms with van der Waals surface area (Å²) in [6.45, 7) is 2.96. The van der Waals surface area contributed by atoms with E-state index in [1.165, 1.54) is 13.8 Å². The smallest absolute Gasteiger partial charge is 0.359 e.